The van der Waals surface area contributed by atoms with Gasteiger partial charge in [0.1, 0.15) is 0 Å². The zero-order chi connectivity index (χ0) is 60.5. The molecule has 0 bridgehead atoms. The summed E-state index contributed by atoms with van der Waals surface area (Å²) in [6, 6.07) is 3.91. The Kier molecular flexibility index (Phi) is 17.7. The highest BCUT2D eigenvalue weighted by atomic mass is 19.4. The molecule has 0 saturated heterocycles. The van der Waals surface area contributed by atoms with Crippen LogP contribution in [0.1, 0.15) is 49.9 Å². The normalized spacial score (nSPS) is 16.1. The molecule has 2 aromatic carbocycles. The second-order valence-electron chi connectivity index (χ2n) is 16.0. The Morgan fingerprint density at radius 2 is 0.500 bits per heavy atom. The fourth-order valence-corrected chi connectivity index (χ4v) is 6.24. The van der Waals surface area contributed by atoms with Crippen LogP contribution >= 0.6 is 0 Å². The van der Waals surface area contributed by atoms with E-state index in [9.17, 15) is 141 Å². The highest BCUT2D eigenvalue weighted by Gasteiger charge is 2.97. The molecular weight excluding hydrogens is 1160 g/mol. The molecule has 0 aliphatic heterocycles. The predicted octanol–water partition coefficient (Wildman–Crippen LogP) is 15.0. The van der Waals surface area contributed by atoms with Crippen LogP contribution in [0.15, 0.2) is 60.7 Å². The van der Waals surface area contributed by atoms with Crippen molar-refractivity contribution in [1.82, 2.24) is 9.80 Å². The second-order valence-corrected chi connectivity index (χ2v) is 16.0. The van der Waals surface area contributed by atoms with E-state index in [1.165, 1.54) is 0 Å². The summed E-state index contributed by atoms with van der Waals surface area (Å²) in [6.45, 7) is -4.40. The Balaban J connectivity index is 2.80. The van der Waals surface area contributed by atoms with Gasteiger partial charge in [0.05, 0.1) is 12.1 Å². The maximum absolute atomic E-state index is 15.1. The van der Waals surface area contributed by atoms with Crippen molar-refractivity contribution in [3.63, 3.8) is 0 Å². The molecular formula is C38H26F34N2O2. The molecule has 0 N–H and O–H groups in total. The quantitative estimate of drug-likeness (QED) is 0.0871. The van der Waals surface area contributed by atoms with Crippen LogP contribution < -0.4 is 0 Å². The highest BCUT2D eigenvalue weighted by Crippen LogP contribution is 2.66. The van der Waals surface area contributed by atoms with Crippen LogP contribution in [0.5, 0.6) is 0 Å². The average Bonchev–Trinajstić information content (AvgIpc) is 3.27. The van der Waals surface area contributed by atoms with Gasteiger partial charge in [0.2, 0.25) is 0 Å². The van der Waals surface area contributed by atoms with Crippen LogP contribution in [0.3, 0.4) is 0 Å². The van der Waals surface area contributed by atoms with E-state index in [4.69, 9.17) is 0 Å². The molecule has 38 heteroatoms. The van der Waals surface area contributed by atoms with E-state index in [1.807, 2.05) is 0 Å². The number of halogens is 34. The molecule has 2 rings (SSSR count). The fraction of sp³-hybridized carbons (Fsp3) is 0.632. The maximum Gasteiger partial charge on any atom is 0.460 e. The third-order valence-electron chi connectivity index (χ3n) is 11.1. The molecule has 0 heterocycles. The monoisotopic (exact) mass is 1190 g/mol. The van der Waals surface area contributed by atoms with Crippen LogP contribution in [0.4, 0.5) is 149 Å². The van der Waals surface area contributed by atoms with Crippen LogP contribution in [-0.2, 0) is 9.59 Å². The topological polar surface area (TPSA) is 40.6 Å². The first kappa shape index (κ1) is 67.1. The minimum atomic E-state index is -9.10. The van der Waals surface area contributed by atoms with Gasteiger partial charge in [0.25, 0.3) is 0 Å². The number of carbonyl (C=O) groups is 2. The molecule has 0 unspecified atom stereocenters. The van der Waals surface area contributed by atoms with Gasteiger partial charge < -0.3 is 9.80 Å². The lowest BCUT2D eigenvalue weighted by Gasteiger charge is -2.43. The summed E-state index contributed by atoms with van der Waals surface area (Å²) in [5.41, 5.74) is -1.23. The van der Waals surface area contributed by atoms with E-state index in [0.717, 1.165) is 60.7 Å². The molecule has 0 aliphatic carbocycles. The minimum Gasteiger partial charge on any atom is -0.327 e. The first-order chi connectivity index (χ1) is 33.3. The first-order valence-corrected chi connectivity index (χ1v) is 19.4. The Labute approximate surface area is 399 Å². The van der Waals surface area contributed by atoms with Gasteiger partial charge in [-0.15, -0.1) is 0 Å². The summed E-state index contributed by atoms with van der Waals surface area (Å²) >= 11 is 0. The van der Waals surface area contributed by atoms with E-state index in [-0.39, 0.29) is 0 Å². The van der Waals surface area contributed by atoms with Gasteiger partial charge in [0.15, 0.2) is 0 Å². The van der Waals surface area contributed by atoms with Gasteiger partial charge in [0, 0.05) is 25.9 Å². The number of carbonyl (C=O) groups excluding carboxylic acids is 2. The number of amides is 2. The Hall–Kier alpha value is -5.00. The van der Waals surface area contributed by atoms with Gasteiger partial charge in [-0.2, -0.15) is 149 Å². The summed E-state index contributed by atoms with van der Waals surface area (Å²) in [6.07, 6.45) is -23.3. The lowest BCUT2D eigenvalue weighted by atomic mass is 9.88. The summed E-state index contributed by atoms with van der Waals surface area (Å²) < 4.78 is 474. The summed E-state index contributed by atoms with van der Waals surface area (Å²) in [7, 11) is 0. The lowest BCUT2D eigenvalue weighted by molar-refractivity contribution is -0.461. The van der Waals surface area contributed by atoms with Crippen molar-refractivity contribution in [2.75, 3.05) is 13.1 Å². The maximum atomic E-state index is 15.1. The molecule has 438 valence electrons. The summed E-state index contributed by atoms with van der Waals surface area (Å²) in [5, 5.41) is 0. The number of benzene rings is 2. The van der Waals surface area contributed by atoms with Crippen LogP contribution in [0, 0.1) is 0 Å². The number of alkyl halides is 34. The standard InChI is InChI=1S/C38H26F34N2O2/c1-17(19-9-5-3-6-10-19)73(15-13-23(39,40)25(43,44)27(47,48)29(51,52)31(55,56)33(59,60)35(63,64)37(67,68)69)21(75)22(76)74(18(2)20-11-7-4-8-12-20)16-14-24(41,42)26(45,46)28(49,50)30(53,54)32(57,58)34(61,62)36(65,66)38(70,71)72/h3-12,17-18H,13-16H2,1-2H3/t17-,18-/m0/s1. The summed E-state index contributed by atoms with van der Waals surface area (Å²) in [4.78, 5) is 26.2. The van der Waals surface area contributed by atoms with Gasteiger partial charge in [-0.05, 0) is 25.0 Å². The number of hydrogen-bond acceptors (Lipinski definition) is 2. The van der Waals surface area contributed by atoms with Crippen LogP contribution in [-0.4, -0.2) is 130 Å². The van der Waals surface area contributed by atoms with Crippen molar-refractivity contribution in [2.24, 2.45) is 0 Å². The SMILES string of the molecule is C[C@@H](c1ccccc1)N(CCC(F)(F)C(F)(F)C(F)(F)C(F)(F)C(F)(F)C(F)(F)C(F)(F)C(F)(F)F)C(=O)C(=O)N(CCC(F)(F)C(F)(F)C(F)(F)C(F)(F)C(F)(F)C(F)(F)C(F)(F)C(F)(F)F)[C@@H](C)c1ccccc1. The van der Waals surface area contributed by atoms with E-state index in [2.05, 4.69) is 0 Å². The summed E-state index contributed by atoms with van der Waals surface area (Å²) in [5.74, 6) is -126. The average molecular weight is 1190 g/mol. The Morgan fingerprint density at radius 1 is 0.316 bits per heavy atom. The van der Waals surface area contributed by atoms with Crippen molar-refractivity contribution in [2.45, 2.75) is 134 Å². The van der Waals surface area contributed by atoms with Crippen molar-refractivity contribution in [1.29, 1.82) is 0 Å². The molecule has 0 saturated carbocycles. The van der Waals surface area contributed by atoms with Gasteiger partial charge >= 0.3 is 107 Å². The van der Waals surface area contributed by atoms with Crippen molar-refractivity contribution in [3.8, 4) is 0 Å². The third-order valence-corrected chi connectivity index (χ3v) is 11.1. The van der Waals surface area contributed by atoms with Gasteiger partial charge in [-0.25, -0.2) is 0 Å². The van der Waals surface area contributed by atoms with Crippen molar-refractivity contribution < 1.29 is 159 Å². The second kappa shape index (κ2) is 20.0. The van der Waals surface area contributed by atoms with Crippen LogP contribution in [0.2, 0.25) is 0 Å². The minimum absolute atomic E-state index is 0.467. The number of hydrogen-bond donors (Lipinski definition) is 0. The Bertz CT molecular complexity index is 2170. The molecule has 0 aliphatic rings. The van der Waals surface area contributed by atoms with E-state index in [0.29, 0.717) is 13.8 Å². The van der Waals surface area contributed by atoms with Crippen molar-refractivity contribution in [3.05, 3.63) is 71.8 Å². The highest BCUT2D eigenvalue weighted by molar-refractivity contribution is 6.35. The number of rotatable bonds is 22. The molecule has 0 aromatic heterocycles. The van der Waals surface area contributed by atoms with Gasteiger partial charge in [-0.3, -0.25) is 9.59 Å². The zero-order valence-corrected chi connectivity index (χ0v) is 36.3. The molecule has 76 heavy (non-hydrogen) atoms. The zero-order valence-electron chi connectivity index (χ0n) is 36.3. The fourth-order valence-electron chi connectivity index (χ4n) is 6.24. The smallest absolute Gasteiger partial charge is 0.327 e. The molecule has 4 nitrogen and oxygen atoms in total. The first-order valence-electron chi connectivity index (χ1n) is 19.4. The molecule has 0 fully saturated rings. The molecule has 2 aromatic rings. The molecule has 2 amide bonds. The predicted molar refractivity (Wildman–Crippen MR) is 184 cm³/mol. The molecule has 0 spiro atoms. The molecule has 2 atom stereocenters. The van der Waals surface area contributed by atoms with Crippen LogP contribution in [0.25, 0.3) is 0 Å². The third kappa shape index (κ3) is 10.2. The number of nitrogens with zero attached hydrogens (tertiary/aromatic N) is 2. The molecule has 0 radical (unpaired) electrons. The van der Waals surface area contributed by atoms with E-state index >= 15 is 17.6 Å². The Morgan fingerprint density at radius 3 is 0.697 bits per heavy atom. The lowest BCUT2D eigenvalue weighted by Crippen LogP contribution is -2.74. The van der Waals surface area contributed by atoms with E-state index in [1.54, 1.807) is 0 Å². The van der Waals surface area contributed by atoms with Crippen molar-refractivity contribution >= 4 is 11.8 Å². The van der Waals surface area contributed by atoms with Gasteiger partial charge in [-0.1, -0.05) is 60.7 Å². The largest absolute Gasteiger partial charge is 0.460 e. The van der Waals surface area contributed by atoms with E-state index < -0.39 is 166 Å².